The Morgan fingerprint density at radius 2 is 1.70 bits per heavy atom. The van der Waals surface area contributed by atoms with Crippen molar-refractivity contribution in [3.63, 3.8) is 0 Å². The van der Waals surface area contributed by atoms with Crippen LogP contribution in [0.3, 0.4) is 0 Å². The number of ether oxygens (including phenoxy) is 1. The first-order chi connectivity index (χ1) is 12.7. The molecule has 4 aliphatic carbocycles. The zero-order valence-corrected chi connectivity index (χ0v) is 17.8. The molecule has 0 heterocycles. The van der Waals surface area contributed by atoms with Crippen molar-refractivity contribution in [2.45, 2.75) is 57.4 Å². The molecule has 1 N–H and O–H groups in total. The molecule has 4 bridgehead atoms. The highest BCUT2D eigenvalue weighted by Gasteiger charge is 2.59. The number of halogens is 1. The Labute approximate surface area is 169 Å². The molecule has 4 aliphatic rings. The van der Waals surface area contributed by atoms with Gasteiger partial charge in [0.15, 0.2) is 0 Å². The van der Waals surface area contributed by atoms with Crippen LogP contribution in [-0.4, -0.2) is 25.0 Å². The topological polar surface area (TPSA) is 55.4 Å². The van der Waals surface area contributed by atoms with E-state index in [1.54, 1.807) is 0 Å². The second-order valence-corrected chi connectivity index (χ2v) is 10.3. The largest absolute Gasteiger partial charge is 0.469 e. The summed E-state index contributed by atoms with van der Waals surface area (Å²) >= 11 is 3.46. The summed E-state index contributed by atoms with van der Waals surface area (Å²) in [6, 6.07) is 8.15. The summed E-state index contributed by atoms with van der Waals surface area (Å²) in [5.74, 6) is 1.42. The minimum atomic E-state index is -0.588. The summed E-state index contributed by atoms with van der Waals surface area (Å²) < 4.78 is 6.15. The lowest BCUT2D eigenvalue weighted by Crippen LogP contribution is -2.62. The summed E-state index contributed by atoms with van der Waals surface area (Å²) in [5.41, 5.74) is 0.126. The van der Waals surface area contributed by atoms with Crippen molar-refractivity contribution >= 4 is 27.8 Å². The number of nitrogens with one attached hydrogen (secondary N) is 1. The molecule has 1 amide bonds. The summed E-state index contributed by atoms with van der Waals surface area (Å²) in [6.07, 6.45) is 4.93. The van der Waals surface area contributed by atoms with Crippen LogP contribution in [0.15, 0.2) is 28.7 Å². The van der Waals surface area contributed by atoms with Crippen LogP contribution in [-0.2, 0) is 19.7 Å². The number of hydrogen-bond acceptors (Lipinski definition) is 3. The molecule has 4 nitrogen and oxygen atoms in total. The molecule has 0 saturated heterocycles. The number of rotatable bonds is 4. The molecule has 27 heavy (non-hydrogen) atoms. The number of amides is 1. The normalized spacial score (nSPS) is 34.4. The second kappa shape index (κ2) is 6.61. The van der Waals surface area contributed by atoms with Crippen LogP contribution >= 0.6 is 15.9 Å². The Bertz CT molecular complexity index is 741. The van der Waals surface area contributed by atoms with Gasteiger partial charge in [-0.3, -0.25) is 9.59 Å². The summed E-state index contributed by atoms with van der Waals surface area (Å²) in [6.45, 7) is 3.97. The van der Waals surface area contributed by atoms with Crippen molar-refractivity contribution in [2.24, 2.45) is 23.2 Å². The molecule has 5 rings (SSSR count). The number of carbonyl (C=O) groups excluding carboxylic acids is 2. The molecule has 0 aromatic heterocycles. The predicted octanol–water partition coefficient (Wildman–Crippen LogP) is 4.21. The summed E-state index contributed by atoms with van der Waals surface area (Å²) in [4.78, 5) is 25.7. The first kappa shape index (κ1) is 19.0. The Balaban J connectivity index is 1.51. The number of hydrogen-bond donors (Lipinski definition) is 1. The molecule has 5 heteroatoms. The molecule has 1 aromatic rings. The van der Waals surface area contributed by atoms with Gasteiger partial charge in [0.1, 0.15) is 0 Å². The minimum absolute atomic E-state index is 0.0399. The van der Waals surface area contributed by atoms with E-state index in [0.29, 0.717) is 17.8 Å². The Kier molecular flexibility index (Phi) is 4.65. The SMILES string of the molecule is COC(=O)C12CC3CC(C1)C(NC(=O)C(C)(C)c1ccc(Br)cc1)C(C3)C2. The van der Waals surface area contributed by atoms with Crippen molar-refractivity contribution in [2.75, 3.05) is 7.11 Å². The standard InChI is InChI=1S/C22H28BrNO3/c1-21(2,16-4-6-17(23)7-5-16)19(25)24-18-14-8-13-9-15(18)12-22(10-13,11-14)20(26)27-3/h4-7,13-15,18H,8-12H2,1-3H3,(H,24,25). The van der Waals surface area contributed by atoms with Crippen molar-refractivity contribution in [1.82, 2.24) is 5.32 Å². The van der Waals surface area contributed by atoms with E-state index in [2.05, 4.69) is 21.2 Å². The van der Waals surface area contributed by atoms with E-state index in [1.165, 1.54) is 7.11 Å². The summed E-state index contributed by atoms with van der Waals surface area (Å²) in [5, 5.41) is 3.39. The molecule has 0 radical (unpaired) electrons. The summed E-state index contributed by atoms with van der Waals surface area (Å²) in [7, 11) is 1.50. The highest BCUT2D eigenvalue weighted by molar-refractivity contribution is 9.10. The van der Waals surface area contributed by atoms with Crippen LogP contribution < -0.4 is 5.32 Å². The lowest BCUT2D eigenvalue weighted by Gasteiger charge is -2.58. The minimum Gasteiger partial charge on any atom is -0.469 e. The third kappa shape index (κ3) is 3.12. The lowest BCUT2D eigenvalue weighted by molar-refractivity contribution is -0.171. The average molecular weight is 434 g/mol. The van der Waals surface area contributed by atoms with Crippen molar-refractivity contribution in [3.8, 4) is 0 Å². The fraction of sp³-hybridized carbons (Fsp3) is 0.636. The maximum Gasteiger partial charge on any atom is 0.311 e. The molecule has 4 saturated carbocycles. The maximum absolute atomic E-state index is 13.2. The molecule has 2 atom stereocenters. The van der Waals surface area contributed by atoms with Crippen LogP contribution in [0.2, 0.25) is 0 Å². The molecule has 4 fully saturated rings. The molecular formula is C22H28BrNO3. The Morgan fingerprint density at radius 1 is 1.11 bits per heavy atom. The number of carbonyl (C=O) groups is 2. The highest BCUT2D eigenvalue weighted by Crippen LogP contribution is 2.60. The number of esters is 1. The fourth-order valence-electron chi connectivity index (χ4n) is 6.06. The Morgan fingerprint density at radius 3 is 2.26 bits per heavy atom. The number of benzene rings is 1. The van der Waals surface area contributed by atoms with E-state index in [4.69, 9.17) is 4.74 Å². The lowest BCUT2D eigenvalue weighted by atomic mass is 9.48. The van der Waals surface area contributed by atoms with Gasteiger partial charge in [-0.1, -0.05) is 28.1 Å². The van der Waals surface area contributed by atoms with Crippen molar-refractivity contribution in [1.29, 1.82) is 0 Å². The van der Waals surface area contributed by atoms with E-state index >= 15 is 0 Å². The van der Waals surface area contributed by atoms with Gasteiger partial charge in [-0.15, -0.1) is 0 Å². The van der Waals surface area contributed by atoms with Crippen LogP contribution in [0.5, 0.6) is 0 Å². The first-order valence-electron chi connectivity index (χ1n) is 9.90. The third-order valence-corrected chi connectivity index (χ3v) is 7.85. The highest BCUT2D eigenvalue weighted by atomic mass is 79.9. The monoisotopic (exact) mass is 433 g/mol. The van der Waals surface area contributed by atoms with E-state index < -0.39 is 5.41 Å². The smallest absolute Gasteiger partial charge is 0.311 e. The van der Waals surface area contributed by atoms with E-state index in [-0.39, 0.29) is 23.3 Å². The van der Waals surface area contributed by atoms with Gasteiger partial charge in [0.25, 0.3) is 0 Å². The van der Waals surface area contributed by atoms with Gasteiger partial charge in [0.05, 0.1) is 17.9 Å². The van der Waals surface area contributed by atoms with E-state index in [0.717, 1.165) is 42.1 Å². The van der Waals surface area contributed by atoms with Gasteiger partial charge in [-0.25, -0.2) is 0 Å². The van der Waals surface area contributed by atoms with Crippen LogP contribution in [0.25, 0.3) is 0 Å². The van der Waals surface area contributed by atoms with Crippen LogP contribution in [0.4, 0.5) is 0 Å². The molecule has 1 aromatic carbocycles. The average Bonchev–Trinajstić information content (AvgIpc) is 2.63. The van der Waals surface area contributed by atoms with Crippen molar-refractivity contribution in [3.05, 3.63) is 34.3 Å². The van der Waals surface area contributed by atoms with Crippen LogP contribution in [0.1, 0.15) is 51.5 Å². The third-order valence-electron chi connectivity index (χ3n) is 7.32. The van der Waals surface area contributed by atoms with Crippen LogP contribution in [0, 0.1) is 23.2 Å². The van der Waals surface area contributed by atoms with Crippen molar-refractivity contribution < 1.29 is 14.3 Å². The zero-order chi connectivity index (χ0) is 19.4. The number of methoxy groups -OCH3 is 1. The van der Waals surface area contributed by atoms with Gasteiger partial charge in [-0.05, 0) is 81.4 Å². The van der Waals surface area contributed by atoms with Gasteiger partial charge >= 0.3 is 5.97 Å². The van der Waals surface area contributed by atoms with Gasteiger partial charge < -0.3 is 10.1 Å². The maximum atomic E-state index is 13.2. The molecular weight excluding hydrogens is 406 g/mol. The van der Waals surface area contributed by atoms with Gasteiger partial charge in [0.2, 0.25) is 5.91 Å². The van der Waals surface area contributed by atoms with Gasteiger partial charge in [0, 0.05) is 10.5 Å². The Hall–Kier alpha value is -1.36. The quantitative estimate of drug-likeness (QED) is 0.723. The molecule has 2 unspecified atom stereocenters. The second-order valence-electron chi connectivity index (χ2n) is 9.37. The van der Waals surface area contributed by atoms with E-state index in [9.17, 15) is 9.59 Å². The predicted molar refractivity (Wildman–Crippen MR) is 107 cm³/mol. The molecule has 0 aliphatic heterocycles. The zero-order valence-electron chi connectivity index (χ0n) is 16.3. The van der Waals surface area contributed by atoms with Gasteiger partial charge in [-0.2, -0.15) is 0 Å². The first-order valence-corrected chi connectivity index (χ1v) is 10.7. The fourth-order valence-corrected chi connectivity index (χ4v) is 6.32. The molecule has 146 valence electrons. The molecule has 0 spiro atoms. The van der Waals surface area contributed by atoms with E-state index in [1.807, 2.05) is 38.1 Å².